The molecule has 2 heterocycles. The molecule has 3 aromatic rings. The maximum atomic E-state index is 14.1. The number of aryl methyl sites for hydroxylation is 1. The largest absolute Gasteiger partial charge is 0.503 e. The molecule has 170 valence electrons. The van der Waals surface area contributed by atoms with Crippen LogP contribution in [-0.4, -0.2) is 58.8 Å². The first-order chi connectivity index (χ1) is 15.8. The standard InChI is InChI=1S/C25H24FN3O3S/c1-15-23(33-24(27-15)16-8-5-4-6-9-16)21(30)19-20(17-10-7-11-18(26)14-17)29(13-12-28(2)3)25(32)22(19)31/h4-11,14,20,31H,12-13H2,1-3H3. The zero-order chi connectivity index (χ0) is 23.7. The Morgan fingerprint density at radius 3 is 2.58 bits per heavy atom. The summed E-state index contributed by atoms with van der Waals surface area (Å²) in [5, 5.41) is 11.5. The first-order valence-corrected chi connectivity index (χ1v) is 11.3. The van der Waals surface area contributed by atoms with Gasteiger partial charge in [0.1, 0.15) is 10.8 Å². The molecule has 6 nitrogen and oxygen atoms in total. The van der Waals surface area contributed by atoms with E-state index in [4.69, 9.17) is 0 Å². The zero-order valence-corrected chi connectivity index (χ0v) is 19.4. The van der Waals surface area contributed by atoms with Gasteiger partial charge in [0.25, 0.3) is 5.91 Å². The second-order valence-corrected chi connectivity index (χ2v) is 9.15. The number of hydrogen-bond acceptors (Lipinski definition) is 6. The SMILES string of the molecule is Cc1nc(-c2ccccc2)sc1C(=O)C1=C(O)C(=O)N(CCN(C)C)C1c1cccc(F)c1. The van der Waals surface area contributed by atoms with Crippen molar-refractivity contribution in [1.29, 1.82) is 0 Å². The third-order valence-electron chi connectivity index (χ3n) is 5.52. The normalized spacial score (nSPS) is 16.2. The highest BCUT2D eigenvalue weighted by atomic mass is 32.1. The number of nitrogens with zero attached hydrogens (tertiary/aromatic N) is 3. The number of Topliss-reactive ketones (excluding diaryl/α,β-unsaturated/α-hetero) is 1. The van der Waals surface area contributed by atoms with Crippen LogP contribution in [0.1, 0.15) is 27.0 Å². The fraction of sp³-hybridized carbons (Fsp3) is 0.240. The van der Waals surface area contributed by atoms with Crippen LogP contribution in [0, 0.1) is 12.7 Å². The van der Waals surface area contributed by atoms with Gasteiger partial charge in [-0.15, -0.1) is 11.3 Å². The van der Waals surface area contributed by atoms with Crippen molar-refractivity contribution in [2.24, 2.45) is 0 Å². The van der Waals surface area contributed by atoms with Gasteiger partial charge < -0.3 is 14.9 Å². The average molecular weight is 466 g/mol. The predicted molar refractivity (Wildman–Crippen MR) is 126 cm³/mol. The van der Waals surface area contributed by atoms with Crippen LogP contribution in [0.5, 0.6) is 0 Å². The van der Waals surface area contributed by atoms with Gasteiger partial charge in [-0.3, -0.25) is 9.59 Å². The summed E-state index contributed by atoms with van der Waals surface area (Å²) in [7, 11) is 3.73. The van der Waals surface area contributed by atoms with Gasteiger partial charge in [-0.1, -0.05) is 42.5 Å². The molecule has 0 spiro atoms. The Kier molecular flexibility index (Phi) is 6.40. The van der Waals surface area contributed by atoms with E-state index in [2.05, 4.69) is 4.98 Å². The molecule has 8 heteroatoms. The number of hydrogen-bond donors (Lipinski definition) is 1. The van der Waals surface area contributed by atoms with Crippen molar-refractivity contribution in [3.8, 4) is 10.6 Å². The molecule has 2 aromatic carbocycles. The molecule has 0 aliphatic carbocycles. The summed E-state index contributed by atoms with van der Waals surface area (Å²) in [6.45, 7) is 2.51. The van der Waals surface area contributed by atoms with Gasteiger partial charge in [0.15, 0.2) is 5.76 Å². The van der Waals surface area contributed by atoms with E-state index in [-0.39, 0.29) is 12.1 Å². The summed E-state index contributed by atoms with van der Waals surface area (Å²) in [6, 6.07) is 14.4. The quantitative estimate of drug-likeness (QED) is 0.524. The van der Waals surface area contributed by atoms with E-state index < -0.39 is 29.3 Å². The number of carbonyl (C=O) groups is 2. The number of rotatable bonds is 7. The second-order valence-electron chi connectivity index (χ2n) is 8.15. The fourth-order valence-electron chi connectivity index (χ4n) is 3.88. The minimum atomic E-state index is -0.887. The van der Waals surface area contributed by atoms with Crippen molar-refractivity contribution in [1.82, 2.24) is 14.8 Å². The molecule has 1 unspecified atom stereocenters. The van der Waals surface area contributed by atoms with E-state index >= 15 is 0 Å². The van der Waals surface area contributed by atoms with Crippen LogP contribution in [0.2, 0.25) is 0 Å². The minimum Gasteiger partial charge on any atom is -0.503 e. The summed E-state index contributed by atoms with van der Waals surface area (Å²) in [6.07, 6.45) is 0. The van der Waals surface area contributed by atoms with Gasteiger partial charge in [0, 0.05) is 18.7 Å². The Balaban J connectivity index is 1.78. The molecule has 1 aliphatic rings. The molecule has 1 N–H and O–H groups in total. The van der Waals surface area contributed by atoms with Crippen LogP contribution in [0.25, 0.3) is 10.6 Å². The summed E-state index contributed by atoms with van der Waals surface area (Å²) in [4.78, 5) is 34.9. The number of ketones is 1. The van der Waals surface area contributed by atoms with Crippen molar-refractivity contribution in [2.45, 2.75) is 13.0 Å². The molecule has 0 bridgehead atoms. The lowest BCUT2D eigenvalue weighted by molar-refractivity contribution is -0.129. The Labute approximate surface area is 195 Å². The van der Waals surface area contributed by atoms with Crippen molar-refractivity contribution >= 4 is 23.0 Å². The average Bonchev–Trinajstić information content (AvgIpc) is 3.30. The summed E-state index contributed by atoms with van der Waals surface area (Å²) < 4.78 is 14.1. The van der Waals surface area contributed by atoms with E-state index in [1.54, 1.807) is 13.0 Å². The second kappa shape index (κ2) is 9.25. The van der Waals surface area contributed by atoms with Gasteiger partial charge in [-0.2, -0.15) is 0 Å². The van der Waals surface area contributed by atoms with Gasteiger partial charge in [0.2, 0.25) is 5.78 Å². The number of carbonyl (C=O) groups excluding carboxylic acids is 2. The molecular weight excluding hydrogens is 441 g/mol. The summed E-state index contributed by atoms with van der Waals surface area (Å²) in [5.74, 6) is -2.19. The molecule has 1 aliphatic heterocycles. The number of benzene rings is 2. The van der Waals surface area contributed by atoms with Gasteiger partial charge in [-0.05, 0) is 38.7 Å². The van der Waals surface area contributed by atoms with E-state index in [1.165, 1.54) is 34.4 Å². The number of aromatic nitrogens is 1. The number of amides is 1. The molecule has 0 radical (unpaired) electrons. The van der Waals surface area contributed by atoms with Gasteiger partial charge in [0.05, 0.1) is 22.2 Å². The van der Waals surface area contributed by atoms with Crippen LogP contribution in [-0.2, 0) is 4.79 Å². The summed E-state index contributed by atoms with van der Waals surface area (Å²) >= 11 is 1.21. The van der Waals surface area contributed by atoms with Crippen molar-refractivity contribution in [3.63, 3.8) is 0 Å². The topological polar surface area (TPSA) is 73.7 Å². The number of likely N-dealkylation sites (N-methyl/N-ethyl adjacent to an activating group) is 1. The Morgan fingerprint density at radius 2 is 1.91 bits per heavy atom. The molecule has 4 rings (SSSR count). The van der Waals surface area contributed by atoms with Crippen LogP contribution >= 0.6 is 11.3 Å². The summed E-state index contributed by atoms with van der Waals surface area (Å²) in [5.41, 5.74) is 1.77. The smallest absolute Gasteiger partial charge is 0.290 e. The van der Waals surface area contributed by atoms with Crippen LogP contribution < -0.4 is 0 Å². The lowest BCUT2D eigenvalue weighted by Gasteiger charge is -2.28. The minimum absolute atomic E-state index is 0.0456. The number of thiazole rings is 1. The van der Waals surface area contributed by atoms with E-state index in [0.29, 0.717) is 27.7 Å². The molecule has 0 saturated heterocycles. The number of aliphatic hydroxyl groups excluding tert-OH is 1. The number of aliphatic hydroxyl groups is 1. The van der Waals surface area contributed by atoms with E-state index in [1.807, 2.05) is 49.3 Å². The maximum Gasteiger partial charge on any atom is 0.290 e. The fourth-order valence-corrected chi connectivity index (χ4v) is 4.91. The zero-order valence-electron chi connectivity index (χ0n) is 18.6. The van der Waals surface area contributed by atoms with Crippen molar-refractivity contribution in [3.05, 3.63) is 87.9 Å². The highest BCUT2D eigenvalue weighted by Crippen LogP contribution is 2.41. The lowest BCUT2D eigenvalue weighted by atomic mass is 9.95. The first kappa shape index (κ1) is 22.8. The van der Waals surface area contributed by atoms with Gasteiger partial charge >= 0.3 is 0 Å². The highest BCUT2D eigenvalue weighted by molar-refractivity contribution is 7.17. The Bertz CT molecular complexity index is 1240. The van der Waals surface area contributed by atoms with Crippen LogP contribution in [0.15, 0.2) is 65.9 Å². The van der Waals surface area contributed by atoms with Crippen LogP contribution in [0.3, 0.4) is 0 Å². The molecule has 0 saturated carbocycles. The Hall–Kier alpha value is -3.36. The van der Waals surface area contributed by atoms with E-state index in [0.717, 1.165) is 5.56 Å². The molecule has 1 atom stereocenters. The molecule has 1 aromatic heterocycles. The predicted octanol–water partition coefficient (Wildman–Crippen LogP) is 4.40. The van der Waals surface area contributed by atoms with E-state index in [9.17, 15) is 19.1 Å². The monoisotopic (exact) mass is 465 g/mol. The van der Waals surface area contributed by atoms with Crippen LogP contribution in [0.4, 0.5) is 4.39 Å². The third kappa shape index (κ3) is 4.44. The Morgan fingerprint density at radius 1 is 1.18 bits per heavy atom. The molecule has 1 amide bonds. The first-order valence-electron chi connectivity index (χ1n) is 10.5. The molecule has 0 fully saturated rings. The van der Waals surface area contributed by atoms with Gasteiger partial charge in [-0.25, -0.2) is 9.37 Å². The lowest BCUT2D eigenvalue weighted by Crippen LogP contribution is -2.36. The van der Waals surface area contributed by atoms with Crippen molar-refractivity contribution < 1.29 is 19.1 Å². The molecule has 33 heavy (non-hydrogen) atoms. The third-order valence-corrected chi connectivity index (χ3v) is 6.73. The molecular formula is C25H24FN3O3S. The maximum absolute atomic E-state index is 14.1. The van der Waals surface area contributed by atoms with Crippen molar-refractivity contribution in [2.75, 3.05) is 27.2 Å². The highest BCUT2D eigenvalue weighted by Gasteiger charge is 2.44. The number of halogens is 1.